The number of benzene rings is 3. The first-order valence-electron chi connectivity index (χ1n) is 14.4. The maximum Gasteiger partial charge on any atom is 0.267 e. The Morgan fingerprint density at radius 3 is 2.33 bits per heavy atom. The number of aromatic nitrogens is 3. The summed E-state index contributed by atoms with van der Waals surface area (Å²) in [5.74, 6) is -3.34. The average Bonchev–Trinajstić information content (AvgIpc) is 3.51. The molecule has 256 valence electrons. The Hall–Kier alpha value is -4.78. The van der Waals surface area contributed by atoms with Crippen molar-refractivity contribution in [3.8, 4) is 27.6 Å². The van der Waals surface area contributed by atoms with E-state index in [2.05, 4.69) is 15.3 Å². The van der Waals surface area contributed by atoms with E-state index in [0.29, 0.717) is 47.8 Å². The van der Waals surface area contributed by atoms with Crippen molar-refractivity contribution in [3.63, 3.8) is 0 Å². The Morgan fingerprint density at radius 2 is 1.63 bits per heavy atom. The van der Waals surface area contributed by atoms with Gasteiger partial charge in [0.05, 0.1) is 52.9 Å². The first-order chi connectivity index (χ1) is 23.4. The normalized spacial score (nSPS) is 13.7. The number of nitrogens with zero attached hydrogens (tertiary/aromatic N) is 4. The van der Waals surface area contributed by atoms with Gasteiger partial charge >= 0.3 is 0 Å². The van der Waals surface area contributed by atoms with Gasteiger partial charge in [0.2, 0.25) is 5.95 Å². The Labute approximate surface area is 283 Å². The number of sulfonamides is 1. The molecule has 3 aromatic carbocycles. The molecule has 2 aromatic heterocycles. The second-order valence-corrected chi connectivity index (χ2v) is 15.2. The van der Waals surface area contributed by atoms with E-state index in [0.717, 1.165) is 30.5 Å². The number of hydrogen-bond donors (Lipinski definition) is 2. The monoisotopic (exact) mass is 732 g/mol. The number of sulfone groups is 1. The summed E-state index contributed by atoms with van der Waals surface area (Å²) in [7, 11) is -7.01. The minimum Gasteiger partial charge on any atom is -0.495 e. The van der Waals surface area contributed by atoms with Gasteiger partial charge in [0.15, 0.2) is 25.7 Å². The van der Waals surface area contributed by atoms with Crippen molar-refractivity contribution in [1.29, 1.82) is 0 Å². The zero-order valence-corrected chi connectivity index (χ0v) is 28.2. The molecule has 0 bridgehead atoms. The van der Waals surface area contributed by atoms with Crippen molar-refractivity contribution < 1.29 is 39.5 Å². The molecule has 5 aromatic rings. The number of methoxy groups -OCH3 is 1. The molecule has 0 amide bonds. The summed E-state index contributed by atoms with van der Waals surface area (Å²) < 4.78 is 108. The third kappa shape index (κ3) is 7.17. The Kier molecular flexibility index (Phi) is 9.47. The van der Waals surface area contributed by atoms with Crippen molar-refractivity contribution in [2.45, 2.75) is 9.79 Å². The molecule has 18 heteroatoms. The van der Waals surface area contributed by atoms with Crippen molar-refractivity contribution in [2.75, 3.05) is 54.6 Å². The molecule has 0 saturated carbocycles. The third-order valence-electron chi connectivity index (χ3n) is 7.32. The number of halogens is 3. The van der Waals surface area contributed by atoms with Crippen molar-refractivity contribution in [1.82, 2.24) is 15.0 Å². The van der Waals surface area contributed by atoms with Crippen LogP contribution in [-0.2, 0) is 24.6 Å². The van der Waals surface area contributed by atoms with Gasteiger partial charge in [0, 0.05) is 31.1 Å². The van der Waals surface area contributed by atoms with E-state index < -0.39 is 47.9 Å². The van der Waals surface area contributed by atoms with Crippen LogP contribution in [0.1, 0.15) is 0 Å². The average molecular weight is 733 g/mol. The molecular formula is C31H27F3N6O6S3. The molecule has 1 aliphatic heterocycles. The molecule has 3 heterocycles. The van der Waals surface area contributed by atoms with Gasteiger partial charge in [0.25, 0.3) is 10.0 Å². The molecule has 49 heavy (non-hydrogen) atoms. The molecule has 2 N–H and O–H groups in total. The van der Waals surface area contributed by atoms with E-state index in [9.17, 15) is 25.6 Å². The highest BCUT2D eigenvalue weighted by Crippen LogP contribution is 2.42. The van der Waals surface area contributed by atoms with Gasteiger partial charge in [-0.15, -0.1) is 0 Å². The standard InChI is InChI=1S/C31H27F3N6O6S3/c1-45-25-10-9-18(48(2,41)42)17-24(25)37-30-35-12-11-23(36-30)28-27(38-31(47-28)40-13-15-46-16-14-40)19-5-3-8-22(26(19)34)39-49(43,44)29-20(32)6-4-7-21(29)33/h3-12,17,39H,13-16H2,1-2H3,(H,35,36,37). The van der Waals surface area contributed by atoms with Gasteiger partial charge in [-0.25, -0.2) is 45.0 Å². The van der Waals surface area contributed by atoms with Gasteiger partial charge in [-0.1, -0.05) is 23.5 Å². The lowest BCUT2D eigenvalue weighted by molar-refractivity contribution is 0.122. The number of nitrogens with one attached hydrogen (secondary N) is 2. The van der Waals surface area contributed by atoms with Crippen molar-refractivity contribution in [2.24, 2.45) is 0 Å². The van der Waals surface area contributed by atoms with Crippen LogP contribution in [-0.4, -0.2) is 71.5 Å². The molecule has 0 unspecified atom stereocenters. The van der Waals surface area contributed by atoms with E-state index in [1.165, 1.54) is 55.0 Å². The lowest BCUT2D eigenvalue weighted by atomic mass is 10.1. The Balaban J connectivity index is 1.42. The largest absolute Gasteiger partial charge is 0.495 e. The topological polar surface area (TPSA) is 153 Å². The fourth-order valence-corrected chi connectivity index (χ4v) is 7.91. The van der Waals surface area contributed by atoms with Gasteiger partial charge in [-0.05, 0) is 48.5 Å². The van der Waals surface area contributed by atoms with Gasteiger partial charge < -0.3 is 19.7 Å². The summed E-state index contributed by atoms with van der Waals surface area (Å²) >= 11 is 1.20. The van der Waals surface area contributed by atoms with Gasteiger partial charge in [-0.2, -0.15) is 0 Å². The van der Waals surface area contributed by atoms with E-state index in [1.54, 1.807) is 6.07 Å². The van der Waals surface area contributed by atoms with Gasteiger partial charge in [0.1, 0.15) is 17.4 Å². The van der Waals surface area contributed by atoms with Crippen LogP contribution in [0.4, 0.5) is 35.6 Å². The summed E-state index contributed by atoms with van der Waals surface area (Å²) in [6.45, 7) is 1.91. The molecule has 12 nitrogen and oxygen atoms in total. The lowest BCUT2D eigenvalue weighted by Crippen LogP contribution is -2.36. The lowest BCUT2D eigenvalue weighted by Gasteiger charge is -2.26. The second kappa shape index (κ2) is 13.6. The minimum absolute atomic E-state index is 0.0376. The van der Waals surface area contributed by atoms with Crippen LogP contribution in [0.15, 0.2) is 76.7 Å². The first kappa shape index (κ1) is 34.1. The Bertz CT molecular complexity index is 2240. The van der Waals surface area contributed by atoms with Crippen LogP contribution in [0.25, 0.3) is 21.8 Å². The van der Waals surface area contributed by atoms with E-state index >= 15 is 4.39 Å². The number of thiazole rings is 1. The second-order valence-electron chi connectivity index (χ2n) is 10.6. The molecule has 0 radical (unpaired) electrons. The Morgan fingerprint density at radius 1 is 0.918 bits per heavy atom. The molecule has 0 atom stereocenters. The maximum absolute atomic E-state index is 16.2. The number of ether oxygens (including phenoxy) is 2. The molecule has 1 fully saturated rings. The zero-order valence-electron chi connectivity index (χ0n) is 25.8. The summed E-state index contributed by atoms with van der Waals surface area (Å²) in [6, 6.07) is 12.3. The molecule has 0 aliphatic carbocycles. The summed E-state index contributed by atoms with van der Waals surface area (Å²) in [5, 5.41) is 3.50. The highest BCUT2D eigenvalue weighted by Gasteiger charge is 2.28. The number of morpholine rings is 1. The van der Waals surface area contributed by atoms with Crippen LogP contribution in [0.2, 0.25) is 0 Å². The third-order valence-corrected chi connectivity index (χ3v) is 11.0. The number of hydrogen-bond acceptors (Lipinski definition) is 12. The van der Waals surface area contributed by atoms with Gasteiger partial charge in [-0.3, -0.25) is 4.72 Å². The molecule has 6 rings (SSSR count). The van der Waals surface area contributed by atoms with Crippen LogP contribution in [0, 0.1) is 17.5 Å². The predicted molar refractivity (Wildman–Crippen MR) is 178 cm³/mol. The predicted octanol–water partition coefficient (Wildman–Crippen LogP) is 5.48. The summed E-state index contributed by atoms with van der Waals surface area (Å²) in [5.41, 5.74) is 0.0222. The van der Waals surface area contributed by atoms with Crippen LogP contribution < -0.4 is 19.7 Å². The fraction of sp³-hybridized carbons (Fsp3) is 0.194. The molecule has 1 aliphatic rings. The molecule has 1 saturated heterocycles. The van der Waals surface area contributed by atoms with E-state index in [1.807, 2.05) is 9.62 Å². The summed E-state index contributed by atoms with van der Waals surface area (Å²) in [6.07, 6.45) is 2.52. The van der Waals surface area contributed by atoms with Crippen molar-refractivity contribution in [3.05, 3.63) is 84.3 Å². The maximum atomic E-state index is 16.2. The highest BCUT2D eigenvalue weighted by atomic mass is 32.2. The van der Waals surface area contributed by atoms with E-state index in [4.69, 9.17) is 14.5 Å². The fourth-order valence-electron chi connectivity index (χ4n) is 4.96. The van der Waals surface area contributed by atoms with Crippen LogP contribution in [0.3, 0.4) is 0 Å². The van der Waals surface area contributed by atoms with Crippen LogP contribution >= 0.6 is 11.3 Å². The van der Waals surface area contributed by atoms with Crippen molar-refractivity contribution >= 4 is 53.7 Å². The smallest absolute Gasteiger partial charge is 0.267 e. The first-order valence-corrected chi connectivity index (χ1v) is 18.6. The number of rotatable bonds is 10. The molecular weight excluding hydrogens is 706 g/mol. The van der Waals surface area contributed by atoms with Crippen LogP contribution in [0.5, 0.6) is 5.75 Å². The SMILES string of the molecule is COc1ccc(S(C)(=O)=O)cc1Nc1nccc(-c2sc(N3CCOCC3)nc2-c2cccc(NS(=O)(=O)c3c(F)cccc3F)c2F)n1. The summed E-state index contributed by atoms with van der Waals surface area (Å²) in [4.78, 5) is 14.7. The minimum atomic E-state index is -4.88. The quantitative estimate of drug-likeness (QED) is 0.188. The van der Waals surface area contributed by atoms with E-state index in [-0.39, 0.29) is 27.8 Å². The number of anilines is 4. The molecule has 0 spiro atoms. The zero-order chi connectivity index (χ0) is 34.9. The highest BCUT2D eigenvalue weighted by molar-refractivity contribution is 7.92.